The number of benzene rings is 1. The molecule has 0 aliphatic carbocycles. The van der Waals surface area contributed by atoms with E-state index in [0.717, 1.165) is 12.1 Å². The molecular weight excluding hydrogens is 178 g/mol. The highest BCUT2D eigenvalue weighted by Crippen LogP contribution is 2.10. The van der Waals surface area contributed by atoms with Crippen molar-refractivity contribution in [1.82, 2.24) is 0 Å². The summed E-state index contributed by atoms with van der Waals surface area (Å²) in [6.07, 6.45) is 0. The zero-order valence-corrected chi connectivity index (χ0v) is 7.01. The number of carbonyl (C=O) groups is 1. The average molecular weight is 186 g/mol. The van der Waals surface area contributed by atoms with E-state index < -0.39 is 17.4 Å². The molecule has 2 nitrogen and oxygen atoms in total. The van der Waals surface area contributed by atoms with E-state index in [1.807, 2.05) is 0 Å². The van der Waals surface area contributed by atoms with Gasteiger partial charge in [-0.2, -0.15) is 0 Å². The Kier molecular flexibility index (Phi) is 3.08. The zero-order valence-electron chi connectivity index (χ0n) is 7.01. The second-order valence-corrected chi connectivity index (χ2v) is 2.48. The number of carbonyl (C=O) groups excluding carboxylic acids is 1. The van der Waals surface area contributed by atoms with Gasteiger partial charge in [-0.3, -0.25) is 4.79 Å². The van der Waals surface area contributed by atoms with E-state index in [1.165, 1.54) is 7.11 Å². The van der Waals surface area contributed by atoms with E-state index in [0.29, 0.717) is 6.07 Å². The van der Waals surface area contributed by atoms with Gasteiger partial charge >= 0.3 is 0 Å². The fourth-order valence-corrected chi connectivity index (χ4v) is 0.924. The maximum atomic E-state index is 12.9. The molecule has 0 radical (unpaired) electrons. The van der Waals surface area contributed by atoms with Crippen LogP contribution < -0.4 is 0 Å². The van der Waals surface area contributed by atoms with E-state index in [-0.39, 0.29) is 12.2 Å². The van der Waals surface area contributed by atoms with Crippen molar-refractivity contribution in [2.24, 2.45) is 0 Å². The molecular formula is C9H8F2O2. The Morgan fingerprint density at radius 3 is 2.69 bits per heavy atom. The van der Waals surface area contributed by atoms with Gasteiger partial charge in [-0.25, -0.2) is 8.78 Å². The summed E-state index contributed by atoms with van der Waals surface area (Å²) in [4.78, 5) is 11.1. The minimum atomic E-state index is -0.859. The molecule has 0 aromatic heterocycles. The van der Waals surface area contributed by atoms with E-state index in [9.17, 15) is 13.6 Å². The molecule has 0 saturated carbocycles. The van der Waals surface area contributed by atoms with Gasteiger partial charge in [0, 0.05) is 13.2 Å². The summed E-state index contributed by atoms with van der Waals surface area (Å²) < 4.78 is 29.9. The van der Waals surface area contributed by atoms with Gasteiger partial charge in [-0.15, -0.1) is 0 Å². The molecule has 1 aromatic carbocycles. The average Bonchev–Trinajstić information content (AvgIpc) is 2.04. The minimum absolute atomic E-state index is 0.150. The summed E-state index contributed by atoms with van der Waals surface area (Å²) in [5.41, 5.74) is -0.150. The fourth-order valence-electron chi connectivity index (χ4n) is 0.924. The highest BCUT2D eigenvalue weighted by Gasteiger charge is 2.11. The standard InChI is InChI=1S/C9H8F2O2/c1-13-5-9(12)7-3-2-6(10)4-8(7)11/h2-4H,5H2,1H3. The first-order valence-corrected chi connectivity index (χ1v) is 3.62. The molecule has 4 heteroatoms. The zero-order chi connectivity index (χ0) is 9.84. The molecule has 0 aliphatic heterocycles. The van der Waals surface area contributed by atoms with Crippen molar-refractivity contribution in [3.05, 3.63) is 35.4 Å². The number of methoxy groups -OCH3 is 1. The Morgan fingerprint density at radius 2 is 2.15 bits per heavy atom. The number of Topliss-reactive ketones (excluding diaryl/α,β-unsaturated/α-hetero) is 1. The first-order valence-electron chi connectivity index (χ1n) is 3.62. The van der Waals surface area contributed by atoms with Crippen molar-refractivity contribution < 1.29 is 18.3 Å². The van der Waals surface area contributed by atoms with Crippen LogP contribution in [0.15, 0.2) is 18.2 Å². The molecule has 0 saturated heterocycles. The third-order valence-corrected chi connectivity index (χ3v) is 1.51. The third-order valence-electron chi connectivity index (χ3n) is 1.51. The van der Waals surface area contributed by atoms with Crippen molar-refractivity contribution in [3.63, 3.8) is 0 Å². The number of ketones is 1. The second kappa shape index (κ2) is 4.09. The number of rotatable bonds is 3. The second-order valence-electron chi connectivity index (χ2n) is 2.48. The molecule has 0 N–H and O–H groups in total. The van der Waals surface area contributed by atoms with Crippen LogP contribution in [0.4, 0.5) is 8.78 Å². The van der Waals surface area contributed by atoms with Crippen molar-refractivity contribution in [1.29, 1.82) is 0 Å². The molecule has 0 heterocycles. The number of halogens is 2. The van der Waals surface area contributed by atoms with E-state index >= 15 is 0 Å². The molecule has 0 aliphatic rings. The largest absolute Gasteiger partial charge is 0.377 e. The van der Waals surface area contributed by atoms with Gasteiger partial charge in [0.2, 0.25) is 0 Å². The van der Waals surface area contributed by atoms with Crippen LogP contribution in [0.2, 0.25) is 0 Å². The van der Waals surface area contributed by atoms with Crippen LogP contribution in [-0.2, 0) is 4.74 Å². The first kappa shape index (κ1) is 9.80. The molecule has 0 spiro atoms. The summed E-state index contributed by atoms with van der Waals surface area (Å²) in [5, 5.41) is 0. The van der Waals surface area contributed by atoms with Gasteiger partial charge in [0.25, 0.3) is 0 Å². The number of hydrogen-bond donors (Lipinski definition) is 0. The highest BCUT2D eigenvalue weighted by atomic mass is 19.1. The Balaban J connectivity index is 2.95. The Morgan fingerprint density at radius 1 is 1.46 bits per heavy atom. The van der Waals surface area contributed by atoms with Gasteiger partial charge in [-0.05, 0) is 12.1 Å². The van der Waals surface area contributed by atoms with E-state index in [1.54, 1.807) is 0 Å². The number of ether oxygens (including phenoxy) is 1. The SMILES string of the molecule is COCC(=O)c1ccc(F)cc1F. The van der Waals surface area contributed by atoms with E-state index in [2.05, 4.69) is 4.74 Å². The summed E-state index contributed by atoms with van der Waals surface area (Å²) in [5.74, 6) is -2.06. The lowest BCUT2D eigenvalue weighted by atomic mass is 10.1. The summed E-state index contributed by atoms with van der Waals surface area (Å²) in [6, 6.07) is 2.81. The molecule has 13 heavy (non-hydrogen) atoms. The van der Waals surface area contributed by atoms with Crippen LogP contribution in [0, 0.1) is 11.6 Å². The normalized spacial score (nSPS) is 10.1. The Labute approximate surface area is 74.1 Å². The monoisotopic (exact) mass is 186 g/mol. The maximum absolute atomic E-state index is 12.9. The van der Waals surface area contributed by atoms with Crippen LogP contribution >= 0.6 is 0 Å². The predicted molar refractivity (Wildman–Crippen MR) is 42.6 cm³/mol. The summed E-state index contributed by atoms with van der Waals surface area (Å²) in [6.45, 7) is -0.206. The molecule has 1 rings (SSSR count). The van der Waals surface area contributed by atoms with Crippen molar-refractivity contribution in [2.75, 3.05) is 13.7 Å². The molecule has 0 atom stereocenters. The van der Waals surface area contributed by atoms with Gasteiger partial charge in [-0.1, -0.05) is 0 Å². The minimum Gasteiger partial charge on any atom is -0.377 e. The van der Waals surface area contributed by atoms with Crippen LogP contribution in [-0.4, -0.2) is 19.5 Å². The maximum Gasteiger partial charge on any atom is 0.191 e. The predicted octanol–water partition coefficient (Wildman–Crippen LogP) is 1.79. The third kappa shape index (κ3) is 2.32. The van der Waals surface area contributed by atoms with Gasteiger partial charge in [0.05, 0.1) is 5.56 Å². The molecule has 70 valence electrons. The molecule has 1 aromatic rings. The molecule has 0 unspecified atom stereocenters. The molecule has 0 bridgehead atoms. The van der Waals surface area contributed by atoms with E-state index in [4.69, 9.17) is 0 Å². The lowest BCUT2D eigenvalue weighted by Crippen LogP contribution is -2.09. The first-order chi connectivity index (χ1) is 6.15. The van der Waals surface area contributed by atoms with Gasteiger partial charge in [0.15, 0.2) is 5.78 Å². The molecule has 0 amide bonds. The molecule has 0 fully saturated rings. The van der Waals surface area contributed by atoms with Crippen LogP contribution in [0.25, 0.3) is 0 Å². The van der Waals surface area contributed by atoms with Crippen molar-refractivity contribution >= 4 is 5.78 Å². The topological polar surface area (TPSA) is 26.3 Å². The quantitative estimate of drug-likeness (QED) is 0.673. The fraction of sp³-hybridized carbons (Fsp3) is 0.222. The van der Waals surface area contributed by atoms with Crippen LogP contribution in [0.5, 0.6) is 0 Å². The lowest BCUT2D eigenvalue weighted by molar-refractivity contribution is 0.0844. The Bertz CT molecular complexity index is 323. The van der Waals surface area contributed by atoms with Crippen molar-refractivity contribution in [2.45, 2.75) is 0 Å². The van der Waals surface area contributed by atoms with Crippen molar-refractivity contribution in [3.8, 4) is 0 Å². The van der Waals surface area contributed by atoms with Crippen LogP contribution in [0.1, 0.15) is 10.4 Å². The lowest BCUT2D eigenvalue weighted by Gasteiger charge is -2.00. The Hall–Kier alpha value is -1.29. The summed E-state index contributed by atoms with van der Waals surface area (Å²) in [7, 11) is 1.33. The highest BCUT2D eigenvalue weighted by molar-refractivity contribution is 5.97. The summed E-state index contributed by atoms with van der Waals surface area (Å²) >= 11 is 0. The smallest absolute Gasteiger partial charge is 0.191 e. The van der Waals surface area contributed by atoms with Gasteiger partial charge in [0.1, 0.15) is 18.2 Å². The van der Waals surface area contributed by atoms with Gasteiger partial charge < -0.3 is 4.74 Å². The number of hydrogen-bond acceptors (Lipinski definition) is 2. The van der Waals surface area contributed by atoms with Crippen LogP contribution in [0.3, 0.4) is 0 Å².